The predicted molar refractivity (Wildman–Crippen MR) is 76.0 cm³/mol. The minimum atomic E-state index is -0.746. The maximum Gasteiger partial charge on any atom is 0.121 e. The van der Waals surface area contributed by atoms with Crippen LogP contribution in [0.15, 0.2) is 18.2 Å². The van der Waals surface area contributed by atoms with Crippen LogP contribution in [-0.2, 0) is 0 Å². The Morgan fingerprint density at radius 2 is 2.11 bits per heavy atom. The molecule has 0 saturated heterocycles. The van der Waals surface area contributed by atoms with Crippen LogP contribution in [0.4, 0.5) is 11.4 Å². The number of hydrogen-bond acceptors (Lipinski definition) is 4. The Kier molecular flexibility index (Phi) is 4.84. The van der Waals surface area contributed by atoms with Crippen LogP contribution in [-0.4, -0.2) is 24.4 Å². The molecule has 0 bridgehead atoms. The number of nitrogen functional groups attached to an aromatic ring is 1. The number of benzene rings is 1. The Morgan fingerprint density at radius 1 is 1.44 bits per heavy atom. The predicted octanol–water partition coefficient (Wildman–Crippen LogP) is 2.49. The Bertz CT molecular complexity index is 389. The Labute approximate surface area is 109 Å². The molecule has 0 heterocycles. The average molecular weight is 252 g/mol. The molecule has 1 rings (SSSR count). The molecular formula is C14H24N2O2. The maximum atomic E-state index is 10.2. The minimum absolute atomic E-state index is 0.449. The van der Waals surface area contributed by atoms with Gasteiger partial charge >= 0.3 is 0 Å². The topological polar surface area (TPSA) is 67.5 Å². The highest BCUT2D eigenvalue weighted by Gasteiger charge is 2.21. The van der Waals surface area contributed by atoms with Gasteiger partial charge in [-0.3, -0.25) is 0 Å². The summed E-state index contributed by atoms with van der Waals surface area (Å²) in [6, 6.07) is 5.44. The zero-order valence-electron chi connectivity index (χ0n) is 11.7. The lowest BCUT2D eigenvalue weighted by Crippen LogP contribution is -2.35. The highest BCUT2D eigenvalue weighted by molar-refractivity contribution is 5.68. The molecule has 18 heavy (non-hydrogen) atoms. The quantitative estimate of drug-likeness (QED) is 0.680. The molecule has 0 aliphatic rings. The molecule has 0 aliphatic heterocycles. The van der Waals surface area contributed by atoms with Crippen molar-refractivity contribution in [3.05, 3.63) is 18.2 Å². The first-order valence-electron chi connectivity index (χ1n) is 6.24. The second-order valence-electron chi connectivity index (χ2n) is 5.40. The number of hydrogen-bond donors (Lipinski definition) is 3. The molecule has 1 unspecified atom stereocenters. The first-order chi connectivity index (χ1) is 8.34. The van der Waals surface area contributed by atoms with Gasteiger partial charge < -0.3 is 20.9 Å². The Morgan fingerprint density at radius 3 is 2.67 bits per heavy atom. The second-order valence-corrected chi connectivity index (χ2v) is 5.40. The van der Waals surface area contributed by atoms with E-state index in [2.05, 4.69) is 19.2 Å². The van der Waals surface area contributed by atoms with Gasteiger partial charge in [0.25, 0.3) is 0 Å². The van der Waals surface area contributed by atoms with E-state index in [0.29, 0.717) is 18.2 Å². The van der Waals surface area contributed by atoms with Gasteiger partial charge in [0, 0.05) is 12.6 Å². The normalized spacial score (nSPS) is 14.3. The van der Waals surface area contributed by atoms with Gasteiger partial charge in [-0.2, -0.15) is 0 Å². The van der Waals surface area contributed by atoms with Crippen LogP contribution in [0, 0.1) is 5.92 Å². The lowest BCUT2D eigenvalue weighted by atomic mass is 9.94. The molecule has 0 radical (unpaired) electrons. The number of ether oxygens (including phenoxy) is 1. The van der Waals surface area contributed by atoms with Crippen LogP contribution in [0.3, 0.4) is 0 Å². The molecule has 0 spiro atoms. The summed E-state index contributed by atoms with van der Waals surface area (Å²) in [6.07, 6.45) is 0.740. The van der Waals surface area contributed by atoms with Crippen LogP contribution in [0.25, 0.3) is 0 Å². The molecule has 0 fully saturated rings. The van der Waals surface area contributed by atoms with Gasteiger partial charge in [-0.1, -0.05) is 13.8 Å². The van der Waals surface area contributed by atoms with Gasteiger partial charge in [-0.15, -0.1) is 0 Å². The van der Waals surface area contributed by atoms with Crippen molar-refractivity contribution in [3.8, 4) is 5.75 Å². The van der Waals surface area contributed by atoms with Gasteiger partial charge in [0.15, 0.2) is 0 Å². The van der Waals surface area contributed by atoms with Gasteiger partial charge in [0.1, 0.15) is 5.75 Å². The molecule has 1 aromatic rings. The summed E-state index contributed by atoms with van der Waals surface area (Å²) >= 11 is 0. The first kappa shape index (κ1) is 14.6. The molecule has 0 aromatic heterocycles. The molecule has 0 amide bonds. The van der Waals surface area contributed by atoms with Crippen LogP contribution < -0.4 is 15.8 Å². The van der Waals surface area contributed by atoms with Crippen molar-refractivity contribution < 1.29 is 9.84 Å². The van der Waals surface area contributed by atoms with Gasteiger partial charge in [-0.05, 0) is 31.4 Å². The number of anilines is 2. The van der Waals surface area contributed by atoms with E-state index in [1.165, 1.54) is 0 Å². The third kappa shape index (κ3) is 4.45. The number of nitrogens with one attached hydrogen (secondary N) is 1. The van der Waals surface area contributed by atoms with Crippen LogP contribution in [0.2, 0.25) is 0 Å². The van der Waals surface area contributed by atoms with Crippen molar-refractivity contribution in [3.63, 3.8) is 0 Å². The standard InChI is InChI=1S/C14H24N2O2/c1-10(2)8-14(3,17)9-16-13-7-11(18-4)5-6-12(13)15/h5-7,10,16-17H,8-9,15H2,1-4H3. The van der Waals surface area contributed by atoms with Gasteiger partial charge in [0.05, 0.1) is 24.1 Å². The number of rotatable bonds is 6. The number of methoxy groups -OCH3 is 1. The van der Waals surface area contributed by atoms with E-state index in [9.17, 15) is 5.11 Å². The van der Waals surface area contributed by atoms with E-state index in [-0.39, 0.29) is 0 Å². The SMILES string of the molecule is COc1ccc(N)c(NCC(C)(O)CC(C)C)c1. The smallest absolute Gasteiger partial charge is 0.121 e. The van der Waals surface area contributed by atoms with E-state index in [1.807, 2.05) is 19.1 Å². The Balaban J connectivity index is 2.67. The minimum Gasteiger partial charge on any atom is -0.497 e. The van der Waals surface area contributed by atoms with E-state index in [0.717, 1.165) is 17.9 Å². The highest BCUT2D eigenvalue weighted by Crippen LogP contribution is 2.25. The fourth-order valence-electron chi connectivity index (χ4n) is 2.05. The summed E-state index contributed by atoms with van der Waals surface area (Å²) in [6.45, 7) is 6.47. The summed E-state index contributed by atoms with van der Waals surface area (Å²) in [5.41, 5.74) is 6.57. The maximum absolute atomic E-state index is 10.2. The molecule has 4 heteroatoms. The molecule has 4 nitrogen and oxygen atoms in total. The molecule has 102 valence electrons. The van der Waals surface area contributed by atoms with Crippen molar-refractivity contribution in [2.24, 2.45) is 5.92 Å². The van der Waals surface area contributed by atoms with E-state index < -0.39 is 5.60 Å². The van der Waals surface area contributed by atoms with Gasteiger partial charge in [0.2, 0.25) is 0 Å². The zero-order chi connectivity index (χ0) is 13.8. The summed E-state index contributed by atoms with van der Waals surface area (Å²) in [4.78, 5) is 0. The monoisotopic (exact) mass is 252 g/mol. The number of nitrogens with two attached hydrogens (primary N) is 1. The summed E-state index contributed by atoms with van der Waals surface area (Å²) in [5, 5.41) is 13.4. The molecular weight excluding hydrogens is 228 g/mol. The molecule has 0 saturated carbocycles. The summed E-state index contributed by atoms with van der Waals surface area (Å²) < 4.78 is 5.15. The van der Waals surface area contributed by atoms with Crippen LogP contribution >= 0.6 is 0 Å². The third-order valence-electron chi connectivity index (χ3n) is 2.77. The van der Waals surface area contributed by atoms with E-state index in [4.69, 9.17) is 10.5 Å². The first-order valence-corrected chi connectivity index (χ1v) is 6.24. The zero-order valence-corrected chi connectivity index (χ0v) is 11.7. The number of aliphatic hydroxyl groups is 1. The van der Waals surface area contributed by atoms with Crippen molar-refractivity contribution in [2.45, 2.75) is 32.8 Å². The van der Waals surface area contributed by atoms with Crippen molar-refractivity contribution in [2.75, 3.05) is 24.7 Å². The van der Waals surface area contributed by atoms with E-state index >= 15 is 0 Å². The van der Waals surface area contributed by atoms with Crippen molar-refractivity contribution in [1.29, 1.82) is 0 Å². The van der Waals surface area contributed by atoms with Crippen molar-refractivity contribution in [1.82, 2.24) is 0 Å². The van der Waals surface area contributed by atoms with Crippen LogP contribution in [0.1, 0.15) is 27.2 Å². The van der Waals surface area contributed by atoms with Gasteiger partial charge in [-0.25, -0.2) is 0 Å². The second kappa shape index (κ2) is 5.96. The summed E-state index contributed by atoms with van der Waals surface area (Å²) in [5.74, 6) is 1.19. The Hall–Kier alpha value is -1.42. The fraction of sp³-hybridized carbons (Fsp3) is 0.571. The lowest BCUT2D eigenvalue weighted by Gasteiger charge is -2.26. The molecule has 1 atom stereocenters. The summed E-state index contributed by atoms with van der Waals surface area (Å²) in [7, 11) is 1.62. The van der Waals surface area contributed by atoms with Crippen LogP contribution in [0.5, 0.6) is 5.75 Å². The average Bonchev–Trinajstić information content (AvgIpc) is 2.26. The molecule has 4 N–H and O–H groups in total. The van der Waals surface area contributed by atoms with E-state index in [1.54, 1.807) is 13.2 Å². The highest BCUT2D eigenvalue weighted by atomic mass is 16.5. The van der Waals surface area contributed by atoms with Crippen molar-refractivity contribution >= 4 is 11.4 Å². The largest absolute Gasteiger partial charge is 0.497 e. The molecule has 1 aromatic carbocycles. The third-order valence-corrected chi connectivity index (χ3v) is 2.77. The molecule has 0 aliphatic carbocycles. The fourth-order valence-corrected chi connectivity index (χ4v) is 2.05. The lowest BCUT2D eigenvalue weighted by molar-refractivity contribution is 0.0515.